The number of hydrogen-bond acceptors (Lipinski definition) is 3. The number of nitrogens with zero attached hydrogens (tertiary/aromatic N) is 1. The number of aliphatic hydroxyl groups excluding tert-OH is 1. The van der Waals surface area contributed by atoms with Crippen LogP contribution in [0.4, 0.5) is 0 Å². The Morgan fingerprint density at radius 2 is 2.32 bits per heavy atom. The molecule has 1 atom stereocenters. The van der Waals surface area contributed by atoms with Gasteiger partial charge in [0, 0.05) is 13.1 Å². The SMILES string of the molecule is CC1CCCN(C(=O)c2ccc(C#CCO)s2)CC1. The van der Waals surface area contributed by atoms with Crippen molar-refractivity contribution in [3.05, 3.63) is 21.9 Å². The van der Waals surface area contributed by atoms with Gasteiger partial charge in [-0.05, 0) is 37.3 Å². The van der Waals surface area contributed by atoms with Gasteiger partial charge in [-0.1, -0.05) is 18.8 Å². The summed E-state index contributed by atoms with van der Waals surface area (Å²) in [6.07, 6.45) is 3.39. The van der Waals surface area contributed by atoms with Crippen molar-refractivity contribution in [2.24, 2.45) is 5.92 Å². The Labute approximate surface area is 118 Å². The molecular weight excluding hydrogens is 258 g/mol. The first-order valence-corrected chi connectivity index (χ1v) is 7.51. The summed E-state index contributed by atoms with van der Waals surface area (Å²) >= 11 is 1.41. The van der Waals surface area contributed by atoms with Crippen molar-refractivity contribution in [2.45, 2.75) is 26.2 Å². The molecule has 4 heteroatoms. The fourth-order valence-electron chi connectivity index (χ4n) is 2.27. The molecule has 1 fully saturated rings. The highest BCUT2D eigenvalue weighted by Gasteiger charge is 2.20. The van der Waals surface area contributed by atoms with Crippen molar-refractivity contribution < 1.29 is 9.90 Å². The fourth-order valence-corrected chi connectivity index (χ4v) is 3.12. The maximum Gasteiger partial charge on any atom is 0.263 e. The zero-order chi connectivity index (χ0) is 13.7. The second kappa shape index (κ2) is 6.74. The molecule has 0 bridgehead atoms. The molecule has 0 aliphatic carbocycles. The molecule has 0 spiro atoms. The van der Waals surface area contributed by atoms with Gasteiger partial charge < -0.3 is 10.0 Å². The first-order valence-electron chi connectivity index (χ1n) is 6.69. The molecule has 1 amide bonds. The predicted octanol–water partition coefficient (Wildman–Crippen LogP) is 2.35. The zero-order valence-electron chi connectivity index (χ0n) is 11.2. The lowest BCUT2D eigenvalue weighted by atomic mass is 10.0. The van der Waals surface area contributed by atoms with Gasteiger partial charge in [0.05, 0.1) is 9.75 Å². The van der Waals surface area contributed by atoms with Crippen molar-refractivity contribution in [3.63, 3.8) is 0 Å². The van der Waals surface area contributed by atoms with E-state index in [1.165, 1.54) is 17.8 Å². The van der Waals surface area contributed by atoms with Crippen molar-refractivity contribution in [1.29, 1.82) is 0 Å². The first-order chi connectivity index (χ1) is 9.20. The van der Waals surface area contributed by atoms with Crippen LogP contribution in [0.15, 0.2) is 12.1 Å². The molecule has 2 rings (SSSR count). The molecule has 3 nitrogen and oxygen atoms in total. The molecule has 0 saturated carbocycles. The minimum absolute atomic E-state index is 0.121. The second-order valence-corrected chi connectivity index (χ2v) is 6.04. The molecule has 1 aromatic rings. The van der Waals surface area contributed by atoms with E-state index in [0.717, 1.165) is 35.7 Å². The van der Waals surface area contributed by atoms with Crippen LogP contribution in [0.3, 0.4) is 0 Å². The van der Waals surface area contributed by atoms with E-state index in [0.29, 0.717) is 5.92 Å². The molecule has 1 aliphatic heterocycles. The third kappa shape index (κ3) is 3.82. The standard InChI is InChI=1S/C15H19NO2S/c1-12-4-2-9-16(10-8-12)15(18)14-7-6-13(19-14)5-3-11-17/h6-7,12,17H,2,4,8-11H2,1H3. The van der Waals surface area contributed by atoms with Gasteiger partial charge in [-0.2, -0.15) is 0 Å². The number of rotatable bonds is 1. The number of carbonyl (C=O) groups is 1. The number of thiophene rings is 1. The normalized spacial score (nSPS) is 19.5. The van der Waals surface area contributed by atoms with Gasteiger partial charge in [-0.15, -0.1) is 11.3 Å². The highest BCUT2D eigenvalue weighted by molar-refractivity contribution is 7.14. The number of amides is 1. The maximum absolute atomic E-state index is 12.4. The highest BCUT2D eigenvalue weighted by atomic mass is 32.1. The van der Waals surface area contributed by atoms with Crippen molar-refractivity contribution >= 4 is 17.2 Å². The van der Waals surface area contributed by atoms with Gasteiger partial charge in [-0.25, -0.2) is 0 Å². The third-order valence-corrected chi connectivity index (χ3v) is 4.40. The summed E-state index contributed by atoms with van der Waals surface area (Å²) < 4.78 is 0. The van der Waals surface area contributed by atoms with E-state index >= 15 is 0 Å². The molecule has 0 radical (unpaired) electrons. The van der Waals surface area contributed by atoms with Crippen LogP contribution < -0.4 is 0 Å². The molecule has 1 aliphatic rings. The summed E-state index contributed by atoms with van der Waals surface area (Å²) in [5, 5.41) is 8.66. The summed E-state index contributed by atoms with van der Waals surface area (Å²) in [6.45, 7) is 3.82. The van der Waals surface area contributed by atoms with Crippen LogP contribution >= 0.6 is 11.3 Å². The molecule has 1 aromatic heterocycles. The molecule has 0 aromatic carbocycles. The van der Waals surface area contributed by atoms with Gasteiger partial charge in [-0.3, -0.25) is 4.79 Å². The molecule has 102 valence electrons. The number of carbonyl (C=O) groups excluding carboxylic acids is 1. The van der Waals surface area contributed by atoms with Crippen LogP contribution in [0.5, 0.6) is 0 Å². The van der Waals surface area contributed by atoms with E-state index in [-0.39, 0.29) is 12.5 Å². The Morgan fingerprint density at radius 3 is 3.11 bits per heavy atom. The second-order valence-electron chi connectivity index (χ2n) is 4.95. The van der Waals surface area contributed by atoms with E-state index in [4.69, 9.17) is 5.11 Å². The lowest BCUT2D eigenvalue weighted by Gasteiger charge is -2.19. The number of likely N-dealkylation sites (tertiary alicyclic amines) is 1. The third-order valence-electron chi connectivity index (χ3n) is 3.41. The van der Waals surface area contributed by atoms with Gasteiger partial charge in [0.25, 0.3) is 5.91 Å². The number of aliphatic hydroxyl groups is 1. The minimum atomic E-state index is -0.148. The van der Waals surface area contributed by atoms with E-state index < -0.39 is 0 Å². The molecule has 2 heterocycles. The van der Waals surface area contributed by atoms with E-state index in [1.807, 2.05) is 17.0 Å². The van der Waals surface area contributed by atoms with E-state index in [9.17, 15) is 4.79 Å². The maximum atomic E-state index is 12.4. The Morgan fingerprint density at radius 1 is 1.47 bits per heavy atom. The molecule has 1 saturated heterocycles. The van der Waals surface area contributed by atoms with Crippen molar-refractivity contribution in [1.82, 2.24) is 4.90 Å². The quantitative estimate of drug-likeness (QED) is 0.801. The summed E-state index contributed by atoms with van der Waals surface area (Å²) in [5.74, 6) is 6.28. The summed E-state index contributed by atoms with van der Waals surface area (Å²) in [6, 6.07) is 3.68. The molecule has 1 N–H and O–H groups in total. The van der Waals surface area contributed by atoms with Gasteiger partial charge in [0.15, 0.2) is 0 Å². The van der Waals surface area contributed by atoms with Crippen LogP contribution in [0, 0.1) is 17.8 Å². The van der Waals surface area contributed by atoms with Crippen LogP contribution in [-0.4, -0.2) is 35.6 Å². The first kappa shape index (κ1) is 14.1. The fraction of sp³-hybridized carbons (Fsp3) is 0.533. The average Bonchev–Trinajstić information content (AvgIpc) is 2.78. The topological polar surface area (TPSA) is 40.5 Å². The van der Waals surface area contributed by atoms with E-state index in [1.54, 1.807) is 0 Å². The van der Waals surface area contributed by atoms with Crippen molar-refractivity contribution in [2.75, 3.05) is 19.7 Å². The number of hydrogen-bond donors (Lipinski definition) is 1. The minimum Gasteiger partial charge on any atom is -0.384 e. The summed E-state index contributed by atoms with van der Waals surface area (Å²) in [7, 11) is 0. The van der Waals surface area contributed by atoms with Gasteiger partial charge in [0.1, 0.15) is 6.61 Å². The lowest BCUT2D eigenvalue weighted by Crippen LogP contribution is -2.31. The molecular formula is C15H19NO2S. The van der Waals surface area contributed by atoms with Crippen LogP contribution in [0.1, 0.15) is 40.7 Å². The summed E-state index contributed by atoms with van der Waals surface area (Å²) in [5.41, 5.74) is 0. The lowest BCUT2D eigenvalue weighted by molar-refractivity contribution is 0.0765. The Hall–Kier alpha value is -1.31. The Bertz CT molecular complexity index is 498. The average molecular weight is 277 g/mol. The van der Waals surface area contributed by atoms with E-state index in [2.05, 4.69) is 18.8 Å². The van der Waals surface area contributed by atoms with Gasteiger partial charge in [0.2, 0.25) is 0 Å². The monoisotopic (exact) mass is 277 g/mol. The van der Waals surface area contributed by atoms with Gasteiger partial charge >= 0.3 is 0 Å². The molecule has 19 heavy (non-hydrogen) atoms. The summed E-state index contributed by atoms with van der Waals surface area (Å²) in [4.78, 5) is 15.9. The van der Waals surface area contributed by atoms with Crippen LogP contribution in [0.25, 0.3) is 0 Å². The zero-order valence-corrected chi connectivity index (χ0v) is 12.0. The Kier molecular flexibility index (Phi) is 5.00. The van der Waals surface area contributed by atoms with Crippen molar-refractivity contribution in [3.8, 4) is 11.8 Å². The smallest absolute Gasteiger partial charge is 0.263 e. The predicted molar refractivity (Wildman–Crippen MR) is 77.2 cm³/mol. The largest absolute Gasteiger partial charge is 0.384 e. The highest BCUT2D eigenvalue weighted by Crippen LogP contribution is 2.21. The van der Waals surface area contributed by atoms with Crippen LogP contribution in [-0.2, 0) is 0 Å². The van der Waals surface area contributed by atoms with Crippen LogP contribution in [0.2, 0.25) is 0 Å². The molecule has 1 unspecified atom stereocenters. The Balaban J connectivity index is 2.04.